The van der Waals surface area contributed by atoms with E-state index >= 15 is 0 Å². The van der Waals surface area contributed by atoms with Gasteiger partial charge in [-0.3, -0.25) is 0 Å². The van der Waals surface area contributed by atoms with Crippen molar-refractivity contribution >= 4 is 0 Å². The maximum Gasteiger partial charge on any atom is -0.0195 e. The van der Waals surface area contributed by atoms with Crippen LogP contribution in [0, 0.1) is 17.3 Å². The molecule has 0 saturated heterocycles. The summed E-state index contributed by atoms with van der Waals surface area (Å²) in [5.74, 6) is 1.48. The van der Waals surface area contributed by atoms with Gasteiger partial charge in [0.05, 0.1) is 0 Å². The maximum atomic E-state index is 2.51. The third-order valence-corrected chi connectivity index (χ3v) is 3.91. The molecule has 2 unspecified atom stereocenters. The van der Waals surface area contributed by atoms with Gasteiger partial charge in [0.2, 0.25) is 0 Å². The lowest BCUT2D eigenvalue weighted by atomic mass is 9.69. The van der Waals surface area contributed by atoms with Gasteiger partial charge in [0, 0.05) is 0 Å². The zero-order valence-electron chi connectivity index (χ0n) is 9.93. The van der Waals surface area contributed by atoms with Crippen molar-refractivity contribution in [3.8, 4) is 0 Å². The molecule has 2 aliphatic rings. The second kappa shape index (κ2) is 3.25. The third kappa shape index (κ3) is 1.80. The van der Waals surface area contributed by atoms with Gasteiger partial charge < -0.3 is 0 Å². The molecule has 0 bridgehead atoms. The Morgan fingerprint density at radius 2 is 1.64 bits per heavy atom. The molecule has 78 valence electrons. The molecule has 1 fully saturated rings. The van der Waals surface area contributed by atoms with Gasteiger partial charge in [-0.25, -0.2) is 0 Å². The predicted molar refractivity (Wildman–Crippen MR) is 62.1 cm³/mol. The van der Waals surface area contributed by atoms with E-state index in [1.54, 1.807) is 11.1 Å². The molecule has 0 heterocycles. The molecule has 0 aromatic heterocycles. The van der Waals surface area contributed by atoms with Gasteiger partial charge in [-0.1, -0.05) is 39.8 Å². The first-order chi connectivity index (χ1) is 6.48. The van der Waals surface area contributed by atoms with Crippen molar-refractivity contribution < 1.29 is 0 Å². The van der Waals surface area contributed by atoms with Gasteiger partial charge in [-0.2, -0.15) is 0 Å². The summed E-state index contributed by atoms with van der Waals surface area (Å²) < 4.78 is 0. The molecule has 0 radical (unpaired) electrons. The Bertz CT molecular complexity index is 291. The van der Waals surface area contributed by atoms with Crippen LogP contribution in [0.15, 0.2) is 23.3 Å². The standard InChI is InChI=1S/C14H22/c1-10-7-12-5-6-14(3,4)9-13(12)8-11(10)2/h7-8,10-11H,5-6,9H2,1-4H3. The van der Waals surface area contributed by atoms with Gasteiger partial charge in [0.1, 0.15) is 0 Å². The van der Waals surface area contributed by atoms with Crippen LogP contribution in [0.25, 0.3) is 0 Å². The van der Waals surface area contributed by atoms with Gasteiger partial charge in [0.25, 0.3) is 0 Å². The second-order valence-corrected chi connectivity index (χ2v) is 5.94. The van der Waals surface area contributed by atoms with E-state index in [1.807, 2.05) is 0 Å². The Morgan fingerprint density at radius 3 is 2.29 bits per heavy atom. The van der Waals surface area contributed by atoms with Gasteiger partial charge in [0.15, 0.2) is 0 Å². The van der Waals surface area contributed by atoms with Crippen LogP contribution in [0.1, 0.15) is 47.0 Å². The van der Waals surface area contributed by atoms with Crippen molar-refractivity contribution in [2.75, 3.05) is 0 Å². The summed E-state index contributed by atoms with van der Waals surface area (Å²) in [5, 5.41) is 0. The fourth-order valence-electron chi connectivity index (χ4n) is 2.65. The third-order valence-electron chi connectivity index (χ3n) is 3.91. The van der Waals surface area contributed by atoms with Crippen LogP contribution in [0.3, 0.4) is 0 Å². The highest BCUT2D eigenvalue weighted by Crippen LogP contribution is 2.44. The zero-order valence-corrected chi connectivity index (χ0v) is 9.93. The topological polar surface area (TPSA) is 0 Å². The first-order valence-electron chi connectivity index (χ1n) is 5.90. The number of allylic oxidation sites excluding steroid dienone is 4. The minimum atomic E-state index is 0.531. The average molecular weight is 190 g/mol. The lowest BCUT2D eigenvalue weighted by Gasteiger charge is -2.36. The molecule has 0 nitrogen and oxygen atoms in total. The fraction of sp³-hybridized carbons (Fsp3) is 0.714. The van der Waals surface area contributed by atoms with Crippen molar-refractivity contribution in [2.45, 2.75) is 47.0 Å². The molecule has 0 amide bonds. The quantitative estimate of drug-likeness (QED) is 0.533. The lowest BCUT2D eigenvalue weighted by molar-refractivity contribution is 0.308. The van der Waals surface area contributed by atoms with E-state index in [1.165, 1.54) is 19.3 Å². The molecule has 1 saturated carbocycles. The maximum absolute atomic E-state index is 2.51. The number of hydrogen-bond donors (Lipinski definition) is 0. The van der Waals surface area contributed by atoms with Crippen LogP contribution in [-0.2, 0) is 0 Å². The molecule has 2 atom stereocenters. The van der Waals surface area contributed by atoms with Gasteiger partial charge in [-0.05, 0) is 47.7 Å². The van der Waals surface area contributed by atoms with Crippen LogP contribution < -0.4 is 0 Å². The number of hydrogen-bond acceptors (Lipinski definition) is 0. The summed E-state index contributed by atoms with van der Waals surface area (Å²) in [6, 6.07) is 0. The van der Waals surface area contributed by atoms with Crippen molar-refractivity contribution in [1.29, 1.82) is 0 Å². The monoisotopic (exact) mass is 190 g/mol. The van der Waals surface area contributed by atoms with Gasteiger partial charge >= 0.3 is 0 Å². The molecule has 2 aliphatic carbocycles. The predicted octanol–water partition coefficient (Wildman–Crippen LogP) is 4.34. The molecule has 0 aromatic rings. The molecule has 14 heavy (non-hydrogen) atoms. The van der Waals surface area contributed by atoms with E-state index in [-0.39, 0.29) is 0 Å². The molecule has 0 heteroatoms. The summed E-state index contributed by atoms with van der Waals surface area (Å²) in [7, 11) is 0. The summed E-state index contributed by atoms with van der Waals surface area (Å²) in [4.78, 5) is 0. The van der Waals surface area contributed by atoms with E-state index in [9.17, 15) is 0 Å². The average Bonchev–Trinajstić information content (AvgIpc) is 2.07. The Labute approximate surface area is 88.1 Å². The van der Waals surface area contributed by atoms with Crippen molar-refractivity contribution in [1.82, 2.24) is 0 Å². The van der Waals surface area contributed by atoms with E-state index < -0.39 is 0 Å². The van der Waals surface area contributed by atoms with E-state index in [2.05, 4.69) is 39.8 Å². The highest BCUT2D eigenvalue weighted by atomic mass is 14.3. The van der Waals surface area contributed by atoms with Crippen LogP contribution in [0.5, 0.6) is 0 Å². The summed E-state index contributed by atoms with van der Waals surface area (Å²) in [5.41, 5.74) is 3.82. The Balaban J connectivity index is 2.24. The first kappa shape index (κ1) is 10.0. The Morgan fingerprint density at radius 1 is 1.07 bits per heavy atom. The molecular formula is C14H22. The number of fused-ring (bicyclic) bond motifs is 1. The molecule has 0 aliphatic heterocycles. The minimum Gasteiger partial charge on any atom is -0.0776 e. The zero-order chi connectivity index (χ0) is 10.3. The van der Waals surface area contributed by atoms with Crippen molar-refractivity contribution in [2.24, 2.45) is 17.3 Å². The second-order valence-electron chi connectivity index (χ2n) is 5.94. The largest absolute Gasteiger partial charge is 0.0776 e. The van der Waals surface area contributed by atoms with E-state index in [0.717, 1.165) is 11.8 Å². The van der Waals surface area contributed by atoms with E-state index in [4.69, 9.17) is 0 Å². The fourth-order valence-corrected chi connectivity index (χ4v) is 2.65. The first-order valence-corrected chi connectivity index (χ1v) is 5.90. The van der Waals surface area contributed by atoms with Crippen molar-refractivity contribution in [3.63, 3.8) is 0 Å². The summed E-state index contributed by atoms with van der Waals surface area (Å²) in [6.07, 6.45) is 8.97. The molecular weight excluding hydrogens is 168 g/mol. The SMILES string of the molecule is CC1C=C2CCC(C)(C)CC2=CC1C. The van der Waals surface area contributed by atoms with Crippen LogP contribution in [0.4, 0.5) is 0 Å². The molecule has 0 aromatic carbocycles. The normalized spacial score (nSPS) is 35.7. The van der Waals surface area contributed by atoms with Crippen LogP contribution in [-0.4, -0.2) is 0 Å². The highest BCUT2D eigenvalue weighted by Gasteiger charge is 2.29. The molecule has 0 spiro atoms. The van der Waals surface area contributed by atoms with Crippen LogP contribution >= 0.6 is 0 Å². The van der Waals surface area contributed by atoms with E-state index in [0.29, 0.717) is 5.41 Å². The molecule has 0 N–H and O–H groups in total. The van der Waals surface area contributed by atoms with Crippen molar-refractivity contribution in [3.05, 3.63) is 23.3 Å². The van der Waals surface area contributed by atoms with Crippen LogP contribution in [0.2, 0.25) is 0 Å². The summed E-state index contributed by atoms with van der Waals surface area (Å²) in [6.45, 7) is 9.47. The minimum absolute atomic E-state index is 0.531. The molecule has 2 rings (SSSR count). The highest BCUT2D eigenvalue weighted by molar-refractivity contribution is 5.38. The summed E-state index contributed by atoms with van der Waals surface area (Å²) >= 11 is 0. The number of rotatable bonds is 0. The lowest BCUT2D eigenvalue weighted by Crippen LogP contribution is -2.22. The van der Waals surface area contributed by atoms with Gasteiger partial charge in [-0.15, -0.1) is 0 Å². The Hall–Kier alpha value is -0.520. The Kier molecular flexibility index (Phi) is 2.33. The smallest absolute Gasteiger partial charge is 0.0195 e.